The Balaban J connectivity index is 1.15. The van der Waals surface area contributed by atoms with E-state index in [9.17, 15) is 4.39 Å². The Hall–Kier alpha value is -2.38. The van der Waals surface area contributed by atoms with E-state index in [1.165, 1.54) is 11.2 Å². The Labute approximate surface area is 186 Å². The molecule has 1 fully saturated rings. The summed E-state index contributed by atoms with van der Waals surface area (Å²) in [4.78, 5) is 2.58. The number of likely N-dealkylation sites (tertiary alicyclic amines) is 1. The first-order valence-electron chi connectivity index (χ1n) is 11.2. The zero-order chi connectivity index (χ0) is 21.2. The minimum Gasteiger partial charge on any atom is -0.341 e. The van der Waals surface area contributed by atoms with Gasteiger partial charge in [0.05, 0.1) is 0 Å². The third-order valence-electron chi connectivity index (χ3n) is 6.30. The molecular weight excluding hydrogens is 409 g/mol. The van der Waals surface area contributed by atoms with Gasteiger partial charge in [-0.1, -0.05) is 24.8 Å². The summed E-state index contributed by atoms with van der Waals surface area (Å²) in [5.41, 5.74) is 3.39. The number of nitrogens with zero attached hydrogens (tertiary/aromatic N) is 5. The van der Waals surface area contributed by atoms with Gasteiger partial charge in [0.25, 0.3) is 0 Å². The second kappa shape index (κ2) is 9.01. The van der Waals surface area contributed by atoms with Gasteiger partial charge in [-0.3, -0.25) is 4.40 Å². The van der Waals surface area contributed by atoms with Crippen molar-refractivity contribution >= 4 is 28.3 Å². The van der Waals surface area contributed by atoms with Gasteiger partial charge >= 0.3 is 0 Å². The Morgan fingerprint density at radius 2 is 1.97 bits per heavy atom. The van der Waals surface area contributed by atoms with Crippen LogP contribution in [-0.2, 0) is 6.42 Å². The SMILES string of the molecule is CCc1cc2cc(F)ccc2n1C1CCN(CCCSc2nnc3ccccn23)CC1. The number of thioether (sulfide) groups is 1. The number of pyridine rings is 1. The maximum atomic E-state index is 13.7. The lowest BCUT2D eigenvalue weighted by Gasteiger charge is -2.34. The van der Waals surface area contributed by atoms with E-state index in [1.807, 2.05) is 30.5 Å². The summed E-state index contributed by atoms with van der Waals surface area (Å²) in [7, 11) is 0. The molecule has 0 bridgehead atoms. The van der Waals surface area contributed by atoms with Crippen molar-refractivity contribution in [2.75, 3.05) is 25.4 Å². The summed E-state index contributed by atoms with van der Waals surface area (Å²) in [6, 6.07) is 13.8. The zero-order valence-corrected chi connectivity index (χ0v) is 18.7. The molecule has 1 saturated heterocycles. The van der Waals surface area contributed by atoms with Crippen molar-refractivity contribution in [3.63, 3.8) is 0 Å². The van der Waals surface area contributed by atoms with Gasteiger partial charge < -0.3 is 9.47 Å². The molecule has 1 aliphatic rings. The van der Waals surface area contributed by atoms with E-state index in [0.717, 1.165) is 67.3 Å². The van der Waals surface area contributed by atoms with Crippen molar-refractivity contribution < 1.29 is 4.39 Å². The Bertz CT molecular complexity index is 1180. The van der Waals surface area contributed by atoms with Crippen LogP contribution >= 0.6 is 11.8 Å². The van der Waals surface area contributed by atoms with Gasteiger partial charge in [-0.05, 0) is 68.6 Å². The van der Waals surface area contributed by atoms with Crippen molar-refractivity contribution in [1.29, 1.82) is 0 Å². The molecule has 7 heteroatoms. The first-order valence-corrected chi connectivity index (χ1v) is 12.2. The number of hydrogen-bond acceptors (Lipinski definition) is 4. The Kier molecular flexibility index (Phi) is 5.96. The molecule has 0 atom stereocenters. The van der Waals surface area contributed by atoms with Crippen LogP contribution in [0, 0.1) is 5.82 Å². The molecule has 1 aliphatic heterocycles. The molecule has 1 aromatic carbocycles. The number of aromatic nitrogens is 4. The van der Waals surface area contributed by atoms with Crippen LogP contribution in [0.25, 0.3) is 16.6 Å². The van der Waals surface area contributed by atoms with Crippen molar-refractivity contribution in [2.45, 2.75) is 43.8 Å². The summed E-state index contributed by atoms with van der Waals surface area (Å²) in [5, 5.41) is 10.5. The van der Waals surface area contributed by atoms with Crippen molar-refractivity contribution in [3.05, 3.63) is 60.2 Å². The number of rotatable bonds is 7. The average Bonchev–Trinajstić information content (AvgIpc) is 3.38. The van der Waals surface area contributed by atoms with E-state index in [-0.39, 0.29) is 5.82 Å². The monoisotopic (exact) mass is 437 g/mol. The van der Waals surface area contributed by atoms with Crippen molar-refractivity contribution in [3.8, 4) is 0 Å². The molecule has 0 N–H and O–H groups in total. The lowest BCUT2D eigenvalue weighted by atomic mass is 10.0. The largest absolute Gasteiger partial charge is 0.341 e. The second-order valence-electron chi connectivity index (χ2n) is 8.25. The second-order valence-corrected chi connectivity index (χ2v) is 9.31. The quantitative estimate of drug-likeness (QED) is 0.294. The van der Waals surface area contributed by atoms with Gasteiger partial charge in [0, 0.05) is 47.7 Å². The highest BCUT2D eigenvalue weighted by atomic mass is 32.2. The van der Waals surface area contributed by atoms with Crippen LogP contribution in [0.3, 0.4) is 0 Å². The smallest absolute Gasteiger partial charge is 0.195 e. The number of benzene rings is 1. The highest BCUT2D eigenvalue weighted by Gasteiger charge is 2.23. The molecule has 0 radical (unpaired) electrons. The lowest BCUT2D eigenvalue weighted by molar-refractivity contribution is 0.188. The van der Waals surface area contributed by atoms with Crippen LogP contribution in [0.4, 0.5) is 4.39 Å². The van der Waals surface area contributed by atoms with Gasteiger partial charge in [0.15, 0.2) is 10.8 Å². The van der Waals surface area contributed by atoms with Gasteiger partial charge in [-0.25, -0.2) is 4.39 Å². The molecule has 0 amide bonds. The molecule has 5 rings (SSSR count). The first-order chi connectivity index (χ1) is 15.2. The third kappa shape index (κ3) is 4.21. The molecule has 162 valence electrons. The van der Waals surface area contributed by atoms with Gasteiger partial charge in [-0.15, -0.1) is 10.2 Å². The number of hydrogen-bond donors (Lipinski definition) is 0. The summed E-state index contributed by atoms with van der Waals surface area (Å²) in [6.07, 6.45) is 6.44. The van der Waals surface area contributed by atoms with Crippen LogP contribution in [-0.4, -0.2) is 49.5 Å². The number of halogens is 1. The van der Waals surface area contributed by atoms with E-state index in [4.69, 9.17) is 0 Å². The molecule has 3 aromatic heterocycles. The molecule has 5 nitrogen and oxygen atoms in total. The van der Waals surface area contributed by atoms with E-state index in [0.29, 0.717) is 6.04 Å². The maximum absolute atomic E-state index is 13.7. The molecule has 0 spiro atoms. The molecule has 4 aromatic rings. The highest BCUT2D eigenvalue weighted by Crippen LogP contribution is 2.31. The molecule has 4 heterocycles. The fourth-order valence-corrected chi connectivity index (χ4v) is 5.59. The summed E-state index contributed by atoms with van der Waals surface area (Å²) < 4.78 is 18.2. The molecule has 31 heavy (non-hydrogen) atoms. The van der Waals surface area contributed by atoms with Crippen LogP contribution in [0.2, 0.25) is 0 Å². The van der Waals surface area contributed by atoms with E-state index in [1.54, 1.807) is 23.9 Å². The maximum Gasteiger partial charge on any atom is 0.195 e. The Morgan fingerprint density at radius 1 is 1.10 bits per heavy atom. The van der Waals surface area contributed by atoms with Crippen LogP contribution in [0.1, 0.15) is 37.9 Å². The van der Waals surface area contributed by atoms with Crippen molar-refractivity contribution in [2.24, 2.45) is 0 Å². The van der Waals surface area contributed by atoms with Crippen LogP contribution in [0.5, 0.6) is 0 Å². The normalized spacial score (nSPS) is 15.9. The van der Waals surface area contributed by atoms with Crippen molar-refractivity contribution in [1.82, 2.24) is 24.1 Å². The summed E-state index contributed by atoms with van der Waals surface area (Å²) in [5.74, 6) is 0.891. The lowest BCUT2D eigenvalue weighted by Crippen LogP contribution is -2.35. The minimum atomic E-state index is -0.154. The minimum absolute atomic E-state index is 0.154. The molecule has 0 unspecified atom stereocenters. The third-order valence-corrected chi connectivity index (χ3v) is 7.33. The van der Waals surface area contributed by atoms with E-state index >= 15 is 0 Å². The van der Waals surface area contributed by atoms with Gasteiger partial charge in [0.1, 0.15) is 5.82 Å². The van der Waals surface area contributed by atoms with Gasteiger partial charge in [0.2, 0.25) is 0 Å². The fraction of sp³-hybridized carbons (Fsp3) is 0.417. The average molecular weight is 438 g/mol. The topological polar surface area (TPSA) is 38.4 Å². The van der Waals surface area contributed by atoms with E-state index < -0.39 is 0 Å². The summed E-state index contributed by atoms with van der Waals surface area (Å²) in [6.45, 7) is 5.54. The Morgan fingerprint density at radius 3 is 2.81 bits per heavy atom. The van der Waals surface area contributed by atoms with Gasteiger partial charge in [-0.2, -0.15) is 0 Å². The molecular formula is C24H28FN5S. The molecule has 0 aliphatic carbocycles. The standard InChI is InChI=1S/C24H28FN5S/c1-2-20-17-18-16-19(25)7-8-22(18)30(20)21-9-13-28(14-10-21)11-5-15-31-24-27-26-23-6-3-4-12-29(23)24/h3-4,6-8,12,16-17,21H,2,5,9-11,13-15H2,1H3. The predicted octanol–water partition coefficient (Wildman–Crippen LogP) is 5.20. The molecule has 0 saturated carbocycles. The van der Waals surface area contributed by atoms with Crippen LogP contribution < -0.4 is 0 Å². The number of aryl methyl sites for hydroxylation is 1. The van der Waals surface area contributed by atoms with E-state index in [2.05, 4.69) is 37.1 Å². The number of fused-ring (bicyclic) bond motifs is 2. The summed E-state index contributed by atoms with van der Waals surface area (Å²) >= 11 is 1.78. The number of piperidine rings is 1. The first kappa shape index (κ1) is 20.5. The van der Waals surface area contributed by atoms with Crippen LogP contribution in [0.15, 0.2) is 53.8 Å². The highest BCUT2D eigenvalue weighted by molar-refractivity contribution is 7.99. The predicted molar refractivity (Wildman–Crippen MR) is 124 cm³/mol. The fourth-order valence-electron chi connectivity index (χ4n) is 4.74. The zero-order valence-electron chi connectivity index (χ0n) is 17.9.